The number of rotatable bonds is 6. The maximum Gasteiger partial charge on any atom is 0.349 e. The van der Waals surface area contributed by atoms with Gasteiger partial charge >= 0.3 is 5.63 Å². The average Bonchev–Trinajstić information content (AvgIpc) is 3.16. The van der Waals surface area contributed by atoms with Crippen LogP contribution in [0.5, 0.6) is 0 Å². The Morgan fingerprint density at radius 2 is 2.00 bits per heavy atom. The van der Waals surface area contributed by atoms with E-state index >= 15 is 0 Å². The van der Waals surface area contributed by atoms with E-state index in [0.29, 0.717) is 24.5 Å². The quantitative estimate of drug-likeness (QED) is 0.730. The summed E-state index contributed by atoms with van der Waals surface area (Å²) in [7, 11) is -3.69. The van der Waals surface area contributed by atoms with Crippen LogP contribution in [0.3, 0.4) is 0 Å². The highest BCUT2D eigenvalue weighted by molar-refractivity contribution is 7.91. The van der Waals surface area contributed by atoms with Gasteiger partial charge in [0.15, 0.2) is 9.84 Å². The van der Waals surface area contributed by atoms with Crippen LogP contribution in [-0.4, -0.2) is 39.8 Å². The summed E-state index contributed by atoms with van der Waals surface area (Å²) in [5, 5.41) is 2.43. The molecular formula is C19H20FNO6S. The van der Waals surface area contributed by atoms with Gasteiger partial charge in [-0.05, 0) is 49.2 Å². The molecule has 1 aromatic carbocycles. The second kappa shape index (κ2) is 8.24. The maximum atomic E-state index is 12.9. The number of aryl methyl sites for hydroxylation is 1. The Balaban J connectivity index is 1.66. The van der Waals surface area contributed by atoms with Crippen LogP contribution in [0, 0.1) is 12.7 Å². The molecule has 1 aliphatic heterocycles. The molecule has 1 fully saturated rings. The number of amides is 1. The Morgan fingerprint density at radius 3 is 2.61 bits per heavy atom. The van der Waals surface area contributed by atoms with E-state index in [0.717, 1.165) is 30.7 Å². The SMILES string of the molecule is Cc1cc(C2CCOC2)oc(=O)c1C(=O)NCCS(=O)(=O)c1ccc(F)cc1. The summed E-state index contributed by atoms with van der Waals surface area (Å²) in [6.45, 7) is 2.49. The monoisotopic (exact) mass is 409 g/mol. The highest BCUT2D eigenvalue weighted by atomic mass is 32.2. The fraction of sp³-hybridized carbons (Fsp3) is 0.368. The summed E-state index contributed by atoms with van der Waals surface area (Å²) in [4.78, 5) is 24.6. The highest BCUT2D eigenvalue weighted by Gasteiger charge is 2.24. The van der Waals surface area contributed by atoms with Crippen molar-refractivity contribution in [2.75, 3.05) is 25.5 Å². The summed E-state index contributed by atoms with van der Waals surface area (Å²) < 4.78 is 47.9. The van der Waals surface area contributed by atoms with Crippen LogP contribution in [0.25, 0.3) is 0 Å². The van der Waals surface area contributed by atoms with Crippen LogP contribution in [-0.2, 0) is 14.6 Å². The van der Waals surface area contributed by atoms with Crippen molar-refractivity contribution in [1.82, 2.24) is 5.32 Å². The minimum atomic E-state index is -3.69. The zero-order valence-electron chi connectivity index (χ0n) is 15.2. The van der Waals surface area contributed by atoms with E-state index in [1.54, 1.807) is 13.0 Å². The van der Waals surface area contributed by atoms with E-state index < -0.39 is 27.2 Å². The number of hydrogen-bond acceptors (Lipinski definition) is 6. The minimum Gasteiger partial charge on any atom is -0.427 e. The molecule has 1 amide bonds. The highest BCUT2D eigenvalue weighted by Crippen LogP contribution is 2.25. The van der Waals surface area contributed by atoms with Crippen LogP contribution < -0.4 is 10.9 Å². The average molecular weight is 409 g/mol. The van der Waals surface area contributed by atoms with E-state index in [2.05, 4.69) is 5.32 Å². The van der Waals surface area contributed by atoms with Gasteiger partial charge in [-0.2, -0.15) is 0 Å². The van der Waals surface area contributed by atoms with Crippen LogP contribution in [0.2, 0.25) is 0 Å². The van der Waals surface area contributed by atoms with Crippen molar-refractivity contribution < 1.29 is 26.8 Å². The predicted octanol–water partition coefficient (Wildman–Crippen LogP) is 1.79. The Bertz CT molecular complexity index is 1020. The molecule has 150 valence electrons. The van der Waals surface area contributed by atoms with Gasteiger partial charge in [0.25, 0.3) is 5.91 Å². The van der Waals surface area contributed by atoms with E-state index in [1.165, 1.54) is 0 Å². The number of nitrogens with one attached hydrogen (secondary N) is 1. The molecule has 1 saturated heterocycles. The van der Waals surface area contributed by atoms with Crippen molar-refractivity contribution in [3.05, 3.63) is 63.5 Å². The molecule has 1 aliphatic rings. The lowest BCUT2D eigenvalue weighted by molar-refractivity contribution is 0.0951. The van der Waals surface area contributed by atoms with Crippen molar-refractivity contribution in [2.45, 2.75) is 24.2 Å². The molecule has 1 N–H and O–H groups in total. The molecule has 3 rings (SSSR count). The summed E-state index contributed by atoms with van der Waals surface area (Å²) >= 11 is 0. The van der Waals surface area contributed by atoms with Gasteiger partial charge in [0.1, 0.15) is 17.1 Å². The van der Waals surface area contributed by atoms with Gasteiger partial charge < -0.3 is 14.5 Å². The smallest absolute Gasteiger partial charge is 0.349 e. The summed E-state index contributed by atoms with van der Waals surface area (Å²) in [5.41, 5.74) is -0.459. The first-order chi connectivity index (χ1) is 13.3. The van der Waals surface area contributed by atoms with E-state index in [1.807, 2.05) is 0 Å². The molecule has 0 radical (unpaired) electrons. The van der Waals surface area contributed by atoms with Gasteiger partial charge in [-0.1, -0.05) is 0 Å². The van der Waals surface area contributed by atoms with Crippen molar-refractivity contribution in [1.29, 1.82) is 0 Å². The van der Waals surface area contributed by atoms with E-state index in [4.69, 9.17) is 9.15 Å². The lowest BCUT2D eigenvalue weighted by Crippen LogP contribution is -2.33. The second-order valence-corrected chi connectivity index (χ2v) is 8.69. The number of benzene rings is 1. The van der Waals surface area contributed by atoms with Crippen LogP contribution in [0.15, 0.2) is 44.4 Å². The number of halogens is 1. The summed E-state index contributed by atoms with van der Waals surface area (Å²) in [6, 6.07) is 6.08. The van der Waals surface area contributed by atoms with Crippen LogP contribution in [0.4, 0.5) is 4.39 Å². The molecule has 1 unspecified atom stereocenters. The third-order valence-corrected chi connectivity index (χ3v) is 6.29. The maximum absolute atomic E-state index is 12.9. The standard InChI is InChI=1S/C19H20FNO6S/c1-12-10-16(13-6-8-26-11-13)27-19(23)17(12)18(22)21-7-9-28(24,25)15-4-2-14(20)3-5-15/h2-5,10,13H,6-9,11H2,1H3,(H,21,22). The topological polar surface area (TPSA) is 103 Å². The van der Waals surface area contributed by atoms with E-state index in [9.17, 15) is 22.4 Å². The first-order valence-corrected chi connectivity index (χ1v) is 10.4. The summed E-state index contributed by atoms with van der Waals surface area (Å²) in [5.74, 6) is -1.15. The predicted molar refractivity (Wildman–Crippen MR) is 98.7 cm³/mol. The van der Waals surface area contributed by atoms with Crippen LogP contribution in [0.1, 0.15) is 34.0 Å². The number of carbonyl (C=O) groups excluding carboxylic acids is 1. The Labute approximate surface area is 161 Å². The number of sulfone groups is 1. The van der Waals surface area contributed by atoms with Gasteiger partial charge in [-0.15, -0.1) is 0 Å². The second-order valence-electron chi connectivity index (χ2n) is 6.58. The molecule has 2 heterocycles. The van der Waals surface area contributed by atoms with Gasteiger partial charge in [0.05, 0.1) is 17.3 Å². The Morgan fingerprint density at radius 1 is 1.29 bits per heavy atom. The van der Waals surface area contributed by atoms with Crippen molar-refractivity contribution in [3.8, 4) is 0 Å². The van der Waals surface area contributed by atoms with Crippen molar-refractivity contribution in [2.24, 2.45) is 0 Å². The zero-order valence-corrected chi connectivity index (χ0v) is 16.1. The van der Waals surface area contributed by atoms with E-state index in [-0.39, 0.29) is 28.7 Å². The number of hydrogen-bond donors (Lipinski definition) is 1. The van der Waals surface area contributed by atoms with Gasteiger partial charge in [-0.25, -0.2) is 17.6 Å². The van der Waals surface area contributed by atoms with Gasteiger partial charge in [0, 0.05) is 19.1 Å². The molecule has 1 aromatic heterocycles. The fourth-order valence-electron chi connectivity index (χ4n) is 3.01. The van der Waals surface area contributed by atoms with Crippen molar-refractivity contribution >= 4 is 15.7 Å². The van der Waals surface area contributed by atoms with Gasteiger partial charge in [0.2, 0.25) is 0 Å². The van der Waals surface area contributed by atoms with Crippen LogP contribution >= 0.6 is 0 Å². The molecule has 28 heavy (non-hydrogen) atoms. The third kappa shape index (κ3) is 4.48. The molecule has 0 bridgehead atoms. The largest absolute Gasteiger partial charge is 0.427 e. The molecule has 0 saturated carbocycles. The zero-order chi connectivity index (χ0) is 20.3. The van der Waals surface area contributed by atoms with Gasteiger partial charge in [-0.3, -0.25) is 4.79 Å². The molecule has 7 nitrogen and oxygen atoms in total. The minimum absolute atomic E-state index is 0.00985. The Hall–Kier alpha value is -2.52. The Kier molecular flexibility index (Phi) is 5.95. The lowest BCUT2D eigenvalue weighted by Gasteiger charge is -2.11. The normalized spacial score (nSPS) is 16.9. The third-order valence-electron chi connectivity index (χ3n) is 4.56. The summed E-state index contributed by atoms with van der Waals surface area (Å²) in [6.07, 6.45) is 0.745. The molecule has 0 spiro atoms. The first-order valence-electron chi connectivity index (χ1n) is 8.77. The molecule has 2 aromatic rings. The molecule has 0 aliphatic carbocycles. The first kappa shape index (κ1) is 20.2. The molecule has 1 atom stereocenters. The molecular weight excluding hydrogens is 389 g/mol. The number of ether oxygens (including phenoxy) is 1. The number of carbonyl (C=O) groups is 1. The molecule has 9 heteroatoms. The fourth-order valence-corrected chi connectivity index (χ4v) is 4.17. The lowest BCUT2D eigenvalue weighted by atomic mass is 10.0. The van der Waals surface area contributed by atoms with Crippen molar-refractivity contribution in [3.63, 3.8) is 0 Å².